The largest absolute Gasteiger partial charge is 0.346 e. The number of amides is 1. The Morgan fingerprint density at radius 2 is 2.25 bits per heavy atom. The zero-order chi connectivity index (χ0) is 17.5. The molecule has 1 aromatic carbocycles. The minimum Gasteiger partial charge on any atom is -0.346 e. The summed E-state index contributed by atoms with van der Waals surface area (Å²) >= 11 is 4.22. The fraction of sp³-hybridized carbons (Fsp3) is 0.200. The molecule has 1 amide bonds. The maximum atomic E-state index is 13.6. The van der Waals surface area contributed by atoms with Gasteiger partial charge in [0.1, 0.15) is 0 Å². The maximum Gasteiger partial charge on any atom is 0.293 e. The highest BCUT2D eigenvalue weighted by Crippen LogP contribution is 2.47. The predicted molar refractivity (Wildman–Crippen MR) is 97.5 cm³/mol. The first-order valence-corrected chi connectivity index (χ1v) is 9.08. The van der Waals surface area contributed by atoms with Crippen LogP contribution in [0.5, 0.6) is 0 Å². The van der Waals surface area contributed by atoms with E-state index in [0.717, 1.165) is 17.0 Å². The Morgan fingerprint density at radius 3 is 2.88 bits per heavy atom. The van der Waals surface area contributed by atoms with Gasteiger partial charge in [-0.1, -0.05) is 9.24 Å². The highest BCUT2D eigenvalue weighted by Gasteiger charge is 2.31. The fourth-order valence-corrected chi connectivity index (χ4v) is 4.72. The summed E-state index contributed by atoms with van der Waals surface area (Å²) in [5, 5.41) is 3.37. The van der Waals surface area contributed by atoms with Crippen LogP contribution in [0.25, 0.3) is 10.1 Å². The van der Waals surface area contributed by atoms with Crippen LogP contribution in [0.2, 0.25) is 0 Å². The zero-order valence-corrected chi connectivity index (χ0v) is 16.1. The van der Waals surface area contributed by atoms with Crippen LogP contribution in [0, 0.1) is 0 Å². The number of halogens is 3. The average molecular weight is 432 g/mol. The Balaban J connectivity index is 1.84. The third kappa shape index (κ3) is 3.50. The van der Waals surface area contributed by atoms with E-state index in [1.165, 1.54) is 9.24 Å². The van der Waals surface area contributed by atoms with Crippen LogP contribution in [0.15, 0.2) is 35.2 Å². The average Bonchev–Trinajstić information content (AvgIpc) is 3.08. The normalized spacial score (nSPS) is 11.9. The van der Waals surface area contributed by atoms with Gasteiger partial charge in [0.25, 0.3) is 11.6 Å². The number of imidazole rings is 1. The summed E-state index contributed by atoms with van der Waals surface area (Å²) in [6, 6.07) is 4.92. The van der Waals surface area contributed by atoms with Gasteiger partial charge < -0.3 is 9.88 Å². The van der Waals surface area contributed by atoms with E-state index in [9.17, 15) is 13.6 Å². The van der Waals surface area contributed by atoms with Gasteiger partial charge in [0, 0.05) is 33.4 Å². The van der Waals surface area contributed by atoms with Crippen molar-refractivity contribution in [3.05, 3.63) is 51.3 Å². The summed E-state index contributed by atoms with van der Waals surface area (Å²) in [5.74, 6) is -0.278. The van der Waals surface area contributed by atoms with E-state index in [4.69, 9.17) is 0 Å². The number of carbonyl (C=O) groups excluding carboxylic acids is 1. The maximum absolute atomic E-state index is 13.6. The molecule has 1 unspecified atom stereocenters. The van der Waals surface area contributed by atoms with E-state index >= 15 is 0 Å². The number of alkyl halides is 2. The fourth-order valence-electron chi connectivity index (χ4n) is 2.25. The number of benzene rings is 1. The number of carbonyl (C=O) groups is 1. The number of rotatable bonds is 4. The lowest BCUT2D eigenvalue weighted by Gasteiger charge is -2.07. The molecule has 0 bridgehead atoms. The van der Waals surface area contributed by atoms with Crippen molar-refractivity contribution in [3.8, 4) is 0 Å². The molecule has 126 valence electrons. The first kappa shape index (κ1) is 17.5. The van der Waals surface area contributed by atoms with Crippen molar-refractivity contribution in [1.29, 1.82) is 0 Å². The molecule has 0 saturated heterocycles. The molecule has 0 aliphatic carbocycles. The molecule has 0 fully saturated rings. The SMILES string of the molecule is Cn1cnc(CNC(=O)c2ccc3sc(C(F)(F)P)c(Br)c3c2)c1. The second kappa shape index (κ2) is 6.50. The van der Waals surface area contributed by atoms with Crippen molar-refractivity contribution in [2.45, 2.75) is 12.2 Å². The van der Waals surface area contributed by atoms with Gasteiger partial charge in [-0.2, -0.15) is 8.78 Å². The van der Waals surface area contributed by atoms with Crippen molar-refractivity contribution in [2.24, 2.45) is 7.05 Å². The number of thiophene rings is 1. The summed E-state index contributed by atoms with van der Waals surface area (Å²) in [6.07, 6.45) is 3.46. The molecule has 24 heavy (non-hydrogen) atoms. The highest BCUT2D eigenvalue weighted by molar-refractivity contribution is 9.10. The summed E-state index contributed by atoms with van der Waals surface area (Å²) < 4.78 is 30.0. The number of hydrogen-bond donors (Lipinski definition) is 1. The predicted octanol–water partition coefficient (Wildman–Crippen LogP) is 4.25. The monoisotopic (exact) mass is 431 g/mol. The Labute approximate surface area is 151 Å². The molecule has 1 N–H and O–H groups in total. The summed E-state index contributed by atoms with van der Waals surface area (Å²) in [7, 11) is 3.38. The molecule has 0 spiro atoms. The van der Waals surface area contributed by atoms with Crippen LogP contribution in [-0.4, -0.2) is 15.5 Å². The van der Waals surface area contributed by atoms with E-state index < -0.39 is 5.66 Å². The van der Waals surface area contributed by atoms with E-state index in [1.54, 1.807) is 29.1 Å². The molecule has 0 saturated carbocycles. The van der Waals surface area contributed by atoms with Crippen LogP contribution in [-0.2, 0) is 19.3 Å². The lowest BCUT2D eigenvalue weighted by molar-refractivity contribution is 0.0950. The van der Waals surface area contributed by atoms with Gasteiger partial charge in [-0.3, -0.25) is 4.79 Å². The van der Waals surface area contributed by atoms with Gasteiger partial charge in [-0.05, 0) is 34.1 Å². The number of aromatic nitrogens is 2. The van der Waals surface area contributed by atoms with Gasteiger partial charge in [-0.25, -0.2) is 4.98 Å². The molecule has 1 atom stereocenters. The number of hydrogen-bond acceptors (Lipinski definition) is 3. The molecule has 9 heteroatoms. The molecule has 2 heterocycles. The molecule has 3 aromatic rings. The molecular weight excluding hydrogens is 419 g/mol. The van der Waals surface area contributed by atoms with Crippen molar-refractivity contribution in [2.75, 3.05) is 0 Å². The lowest BCUT2D eigenvalue weighted by Crippen LogP contribution is -2.22. The third-order valence-electron chi connectivity index (χ3n) is 3.38. The molecule has 2 aromatic heterocycles. The second-order valence-electron chi connectivity index (χ2n) is 5.29. The smallest absolute Gasteiger partial charge is 0.293 e. The number of nitrogens with zero attached hydrogens (tertiary/aromatic N) is 2. The second-order valence-corrected chi connectivity index (χ2v) is 7.86. The summed E-state index contributed by atoms with van der Waals surface area (Å²) in [4.78, 5) is 16.3. The minimum atomic E-state index is -3.01. The van der Waals surface area contributed by atoms with E-state index in [-0.39, 0.29) is 10.8 Å². The zero-order valence-electron chi connectivity index (χ0n) is 12.5. The number of aryl methyl sites for hydroxylation is 1. The first-order chi connectivity index (χ1) is 11.3. The minimum absolute atomic E-state index is 0.0754. The third-order valence-corrected chi connectivity index (χ3v) is 6.22. The van der Waals surface area contributed by atoms with Gasteiger partial charge in [0.05, 0.1) is 23.4 Å². The Hall–Kier alpha value is -1.37. The highest BCUT2D eigenvalue weighted by atomic mass is 79.9. The Morgan fingerprint density at radius 1 is 1.50 bits per heavy atom. The van der Waals surface area contributed by atoms with Crippen molar-refractivity contribution in [3.63, 3.8) is 0 Å². The topological polar surface area (TPSA) is 46.9 Å². The van der Waals surface area contributed by atoms with Gasteiger partial charge in [0.2, 0.25) is 0 Å². The van der Waals surface area contributed by atoms with Crippen LogP contribution >= 0.6 is 36.5 Å². The lowest BCUT2D eigenvalue weighted by atomic mass is 10.1. The molecule has 0 radical (unpaired) electrons. The van der Waals surface area contributed by atoms with Crippen LogP contribution in [0.4, 0.5) is 8.78 Å². The number of fused-ring (bicyclic) bond motifs is 1. The molecule has 4 nitrogen and oxygen atoms in total. The van der Waals surface area contributed by atoms with E-state index in [1.807, 2.05) is 13.2 Å². The Kier molecular flexibility index (Phi) is 4.73. The molecule has 0 aliphatic heterocycles. The van der Waals surface area contributed by atoms with Gasteiger partial charge >= 0.3 is 0 Å². The van der Waals surface area contributed by atoms with Crippen molar-refractivity contribution >= 4 is 52.5 Å². The summed E-state index contributed by atoms with van der Waals surface area (Å²) in [5.41, 5.74) is -1.85. The van der Waals surface area contributed by atoms with E-state index in [2.05, 4.69) is 26.2 Å². The number of nitrogens with one attached hydrogen (secondary N) is 1. The van der Waals surface area contributed by atoms with Gasteiger partial charge in [-0.15, -0.1) is 11.3 Å². The van der Waals surface area contributed by atoms with Crippen LogP contribution in [0.1, 0.15) is 20.9 Å². The molecule has 0 aliphatic rings. The van der Waals surface area contributed by atoms with Crippen LogP contribution in [0.3, 0.4) is 0 Å². The van der Waals surface area contributed by atoms with Crippen molar-refractivity contribution < 1.29 is 13.6 Å². The Bertz CT molecular complexity index is 919. The summed E-state index contributed by atoms with van der Waals surface area (Å²) in [6.45, 7) is 0.303. The quantitative estimate of drug-likeness (QED) is 0.627. The van der Waals surface area contributed by atoms with Gasteiger partial charge in [0.15, 0.2) is 0 Å². The van der Waals surface area contributed by atoms with E-state index in [0.29, 0.717) is 26.7 Å². The van der Waals surface area contributed by atoms with Crippen LogP contribution < -0.4 is 5.32 Å². The first-order valence-electron chi connectivity index (χ1n) is 6.90. The molecule has 3 rings (SSSR count). The molecular formula is C15H13BrF2N3OPS. The van der Waals surface area contributed by atoms with Crippen molar-refractivity contribution in [1.82, 2.24) is 14.9 Å². The standard InChI is InChI=1S/C15H13BrF2N3OPS/c1-21-6-9(20-7-21)5-19-14(22)8-2-3-11-10(4-8)12(16)13(24-11)15(17,18)23/h2-4,6-7H,5,23H2,1H3,(H,19,22).